The topological polar surface area (TPSA) is 32.5 Å². The third-order valence-electron chi connectivity index (χ3n) is 3.19. The highest BCUT2D eigenvalue weighted by molar-refractivity contribution is 9.10. The zero-order valence-electron chi connectivity index (χ0n) is 9.92. The molecular weight excluding hydrogens is 302 g/mol. The van der Waals surface area contributed by atoms with Crippen molar-refractivity contribution in [2.24, 2.45) is 0 Å². The van der Waals surface area contributed by atoms with Gasteiger partial charge < -0.3 is 15.5 Å². The Balaban J connectivity index is 2.18. The summed E-state index contributed by atoms with van der Waals surface area (Å²) in [5.41, 5.74) is 7.77. The predicted molar refractivity (Wildman–Crippen MR) is 77.9 cm³/mol. The first-order valence-corrected chi connectivity index (χ1v) is 7.00. The van der Waals surface area contributed by atoms with Gasteiger partial charge in [0.05, 0.1) is 16.4 Å². The number of nitrogen functional groups attached to an aromatic ring is 1. The number of nitrogens with two attached hydrogens (primary N) is 1. The minimum Gasteiger partial charge on any atom is -0.397 e. The standard InChI is InChI=1S/C12H17BrClN3/c1-2-16-3-5-17(6-4-16)12-10(14)7-9(13)8-11(12)15/h7-8H,2-6,15H2,1H3. The van der Waals surface area contributed by atoms with Gasteiger partial charge in [0.15, 0.2) is 0 Å². The molecule has 17 heavy (non-hydrogen) atoms. The van der Waals surface area contributed by atoms with Crippen LogP contribution >= 0.6 is 27.5 Å². The Morgan fingerprint density at radius 3 is 2.47 bits per heavy atom. The summed E-state index contributed by atoms with van der Waals surface area (Å²) in [5.74, 6) is 0. The lowest BCUT2D eigenvalue weighted by Crippen LogP contribution is -2.46. The van der Waals surface area contributed by atoms with E-state index in [-0.39, 0.29) is 0 Å². The fourth-order valence-corrected chi connectivity index (χ4v) is 3.16. The van der Waals surface area contributed by atoms with Crippen LogP contribution in [0.25, 0.3) is 0 Å². The van der Waals surface area contributed by atoms with Crippen molar-refractivity contribution in [1.82, 2.24) is 4.90 Å². The fourth-order valence-electron chi connectivity index (χ4n) is 2.21. The van der Waals surface area contributed by atoms with E-state index in [0.29, 0.717) is 0 Å². The Morgan fingerprint density at radius 1 is 1.29 bits per heavy atom. The second-order valence-electron chi connectivity index (χ2n) is 4.25. The first-order chi connectivity index (χ1) is 8.11. The molecule has 5 heteroatoms. The number of benzene rings is 1. The van der Waals surface area contributed by atoms with Crippen LogP contribution in [-0.2, 0) is 0 Å². The minimum atomic E-state index is 0.724. The maximum atomic E-state index is 6.27. The molecule has 1 fully saturated rings. The molecule has 1 aromatic rings. The third-order valence-corrected chi connectivity index (χ3v) is 3.94. The molecule has 0 aromatic heterocycles. The Morgan fingerprint density at radius 2 is 1.94 bits per heavy atom. The van der Waals surface area contributed by atoms with Gasteiger partial charge in [-0.25, -0.2) is 0 Å². The van der Waals surface area contributed by atoms with E-state index in [1.54, 1.807) is 0 Å². The molecule has 0 radical (unpaired) electrons. The average molecular weight is 319 g/mol. The molecule has 1 aliphatic rings. The normalized spacial score (nSPS) is 17.5. The number of rotatable bonds is 2. The van der Waals surface area contributed by atoms with Crippen molar-refractivity contribution in [3.63, 3.8) is 0 Å². The molecule has 0 amide bonds. The summed E-state index contributed by atoms with van der Waals surface area (Å²) in [6.45, 7) is 7.41. The maximum absolute atomic E-state index is 6.27. The van der Waals surface area contributed by atoms with E-state index in [1.165, 1.54) is 0 Å². The van der Waals surface area contributed by atoms with Crippen LogP contribution in [0.1, 0.15) is 6.92 Å². The molecular formula is C12H17BrClN3. The second-order valence-corrected chi connectivity index (χ2v) is 5.57. The van der Waals surface area contributed by atoms with Gasteiger partial charge in [-0.2, -0.15) is 0 Å². The van der Waals surface area contributed by atoms with Crippen LogP contribution in [0.2, 0.25) is 5.02 Å². The van der Waals surface area contributed by atoms with E-state index < -0.39 is 0 Å². The van der Waals surface area contributed by atoms with Crippen molar-refractivity contribution in [2.45, 2.75) is 6.92 Å². The third kappa shape index (κ3) is 2.87. The van der Waals surface area contributed by atoms with Crippen LogP contribution in [0, 0.1) is 0 Å². The Hall–Kier alpha value is -0.450. The lowest BCUT2D eigenvalue weighted by atomic mass is 10.2. The van der Waals surface area contributed by atoms with E-state index in [4.69, 9.17) is 17.3 Å². The number of halogens is 2. The van der Waals surface area contributed by atoms with Gasteiger partial charge in [-0.15, -0.1) is 0 Å². The molecule has 1 aliphatic heterocycles. The van der Waals surface area contributed by atoms with E-state index in [2.05, 4.69) is 32.7 Å². The van der Waals surface area contributed by atoms with Crippen molar-refractivity contribution in [3.05, 3.63) is 21.6 Å². The van der Waals surface area contributed by atoms with Gasteiger partial charge in [0, 0.05) is 30.7 Å². The summed E-state index contributed by atoms with van der Waals surface area (Å²) in [6.07, 6.45) is 0. The summed E-state index contributed by atoms with van der Waals surface area (Å²) in [6, 6.07) is 3.81. The molecule has 94 valence electrons. The van der Waals surface area contributed by atoms with Crippen molar-refractivity contribution in [3.8, 4) is 0 Å². The van der Waals surface area contributed by atoms with E-state index in [1.807, 2.05) is 12.1 Å². The first kappa shape index (κ1) is 13.0. The van der Waals surface area contributed by atoms with Gasteiger partial charge in [0.2, 0.25) is 0 Å². The van der Waals surface area contributed by atoms with Gasteiger partial charge >= 0.3 is 0 Å². The lowest BCUT2D eigenvalue weighted by molar-refractivity contribution is 0.271. The van der Waals surface area contributed by atoms with Crippen molar-refractivity contribution < 1.29 is 0 Å². The summed E-state index contributed by atoms with van der Waals surface area (Å²) >= 11 is 9.67. The number of hydrogen-bond donors (Lipinski definition) is 1. The molecule has 2 rings (SSSR count). The summed E-state index contributed by atoms with van der Waals surface area (Å²) < 4.78 is 0.927. The van der Waals surface area contributed by atoms with Crippen molar-refractivity contribution in [2.75, 3.05) is 43.4 Å². The molecule has 1 heterocycles. The lowest BCUT2D eigenvalue weighted by Gasteiger charge is -2.36. The van der Waals surface area contributed by atoms with E-state index >= 15 is 0 Å². The fraction of sp³-hybridized carbons (Fsp3) is 0.500. The molecule has 0 saturated carbocycles. The quantitative estimate of drug-likeness (QED) is 0.851. The maximum Gasteiger partial charge on any atom is 0.0790 e. The Labute approximate surface area is 116 Å². The SMILES string of the molecule is CCN1CCN(c2c(N)cc(Br)cc2Cl)CC1. The smallest absolute Gasteiger partial charge is 0.0790 e. The molecule has 0 aliphatic carbocycles. The van der Waals surface area contributed by atoms with Gasteiger partial charge in [-0.3, -0.25) is 0 Å². The Kier molecular flexibility index (Phi) is 4.17. The highest BCUT2D eigenvalue weighted by Crippen LogP contribution is 2.35. The van der Waals surface area contributed by atoms with Crippen LogP contribution < -0.4 is 10.6 Å². The monoisotopic (exact) mass is 317 g/mol. The van der Waals surface area contributed by atoms with Crippen LogP contribution in [0.5, 0.6) is 0 Å². The van der Waals surface area contributed by atoms with Crippen molar-refractivity contribution in [1.29, 1.82) is 0 Å². The summed E-state index contributed by atoms with van der Waals surface area (Å²) in [4.78, 5) is 4.70. The summed E-state index contributed by atoms with van der Waals surface area (Å²) in [7, 11) is 0. The molecule has 3 nitrogen and oxygen atoms in total. The minimum absolute atomic E-state index is 0.724. The van der Waals surface area contributed by atoms with Crippen LogP contribution in [0.4, 0.5) is 11.4 Å². The molecule has 1 saturated heterocycles. The van der Waals surface area contributed by atoms with Crippen LogP contribution in [-0.4, -0.2) is 37.6 Å². The highest BCUT2D eigenvalue weighted by Gasteiger charge is 2.20. The van der Waals surface area contributed by atoms with Gasteiger partial charge in [-0.1, -0.05) is 34.5 Å². The molecule has 0 atom stereocenters. The van der Waals surface area contributed by atoms with Crippen molar-refractivity contribution >= 4 is 38.9 Å². The number of nitrogens with zero attached hydrogens (tertiary/aromatic N) is 2. The molecule has 0 unspecified atom stereocenters. The van der Waals surface area contributed by atoms with E-state index in [0.717, 1.165) is 53.6 Å². The predicted octanol–water partition coefficient (Wildman–Crippen LogP) is 2.83. The molecule has 0 spiro atoms. The van der Waals surface area contributed by atoms with Gasteiger partial charge in [0.1, 0.15) is 0 Å². The average Bonchev–Trinajstić information content (AvgIpc) is 2.28. The molecule has 1 aromatic carbocycles. The zero-order chi connectivity index (χ0) is 12.4. The van der Waals surface area contributed by atoms with E-state index in [9.17, 15) is 0 Å². The number of hydrogen-bond acceptors (Lipinski definition) is 3. The van der Waals surface area contributed by atoms with Crippen LogP contribution in [0.3, 0.4) is 0 Å². The van der Waals surface area contributed by atoms with Gasteiger partial charge in [0.25, 0.3) is 0 Å². The number of likely N-dealkylation sites (N-methyl/N-ethyl adjacent to an activating group) is 1. The first-order valence-electron chi connectivity index (χ1n) is 5.83. The molecule has 0 bridgehead atoms. The largest absolute Gasteiger partial charge is 0.397 e. The Bertz CT molecular complexity index is 380. The zero-order valence-corrected chi connectivity index (χ0v) is 12.3. The molecule has 2 N–H and O–H groups in total. The van der Waals surface area contributed by atoms with Crippen LogP contribution in [0.15, 0.2) is 16.6 Å². The van der Waals surface area contributed by atoms with Gasteiger partial charge in [-0.05, 0) is 18.7 Å². The number of piperazine rings is 1. The summed E-state index contributed by atoms with van der Waals surface area (Å²) in [5, 5.41) is 0.724. The second kappa shape index (κ2) is 5.46. The number of anilines is 2. The highest BCUT2D eigenvalue weighted by atomic mass is 79.9.